The number of Topliss-reactive ketones (excluding diaryl/α,β-unsaturated/α-hetero) is 1. The Labute approximate surface area is 382 Å². The van der Waals surface area contributed by atoms with Crippen LogP contribution in [0.25, 0.3) is 22.1 Å². The number of carbonyl (C=O) groups excluding carboxylic acids is 3. The number of aryl methyl sites for hydroxylation is 1. The number of nitrogens with zero attached hydrogens (tertiary/aromatic N) is 4. The normalized spacial score (nSPS) is 21.2. The Bertz CT molecular complexity index is 2470. The predicted molar refractivity (Wildman–Crippen MR) is 237 cm³/mol. The zero-order valence-electron chi connectivity index (χ0n) is 36.2. The number of phosphoric ester groups is 3. The van der Waals surface area contributed by atoms with E-state index in [1.54, 1.807) is 11.8 Å². The number of thioether (sulfide) groups is 1. The molecule has 1 aromatic carbocycles. The molecular formula is C37H55N8O17P3S. The number of benzene rings is 1. The van der Waals surface area contributed by atoms with Gasteiger partial charge in [-0.2, -0.15) is 16.1 Å². The molecule has 0 bridgehead atoms. The lowest BCUT2D eigenvalue weighted by Gasteiger charge is -2.30. The standard InChI is InChI=1S/C37H55N8O17P3S/c1-21(26(46)11-7-8-23-16-41-25-10-6-5-9-24(23)25)22(2)66-15-14-39-28(47)12-13-40-35(50)32(49)37(3,4)18-59-65(56,57)62-64(54,55)58-17-27-31(61-63(51,52)53)30(48)36(60-27)45-20-44-29-33(38)42-19-43-34(29)45/h5-6,9-10,16,19-22,27,30-32,36,41,48-49H,7-8,11-15,17-18H2,1-4H3,(H,39,47)(H,40,50)(H,54,55)(H,56,57)(H2,38,42,43)(H2,51,52,53)/t21?,22?,27-,30-,31-,32?,36-/m1/s1. The lowest BCUT2D eigenvalue weighted by molar-refractivity contribution is -0.137. The molecule has 2 amide bonds. The van der Waals surface area contributed by atoms with Gasteiger partial charge in [-0.15, -0.1) is 0 Å². The topological polar surface area (TPSA) is 379 Å². The first kappa shape index (κ1) is 53.3. The number of hydrogen-bond donors (Lipinski definition) is 10. The number of imidazole rings is 1. The number of rotatable bonds is 26. The number of nitrogens with two attached hydrogens (primary N) is 1. The molecule has 0 spiro atoms. The van der Waals surface area contributed by atoms with E-state index in [2.05, 4.69) is 45.5 Å². The predicted octanol–water partition coefficient (Wildman–Crippen LogP) is 2.24. The third kappa shape index (κ3) is 14.7. The maximum Gasteiger partial charge on any atom is 0.481 e. The lowest BCUT2D eigenvalue weighted by Crippen LogP contribution is -2.46. The number of ketones is 1. The van der Waals surface area contributed by atoms with Crippen LogP contribution >= 0.6 is 35.2 Å². The van der Waals surface area contributed by atoms with E-state index in [0.717, 1.165) is 41.0 Å². The Morgan fingerprint density at radius 1 is 1.02 bits per heavy atom. The van der Waals surface area contributed by atoms with Gasteiger partial charge < -0.3 is 55.9 Å². The van der Waals surface area contributed by atoms with Crippen molar-refractivity contribution in [2.75, 3.05) is 37.8 Å². The van der Waals surface area contributed by atoms with Crippen LogP contribution in [0.1, 0.15) is 58.7 Å². The average molecular weight is 1010 g/mol. The van der Waals surface area contributed by atoms with E-state index in [9.17, 15) is 57.9 Å². The Morgan fingerprint density at radius 2 is 1.73 bits per heavy atom. The Hall–Kier alpha value is -3.68. The Morgan fingerprint density at radius 3 is 2.45 bits per heavy atom. The second-order valence-electron chi connectivity index (χ2n) is 16.1. The molecule has 29 heteroatoms. The minimum absolute atomic E-state index is 0.0206. The van der Waals surface area contributed by atoms with Gasteiger partial charge in [0.1, 0.15) is 42.0 Å². The van der Waals surface area contributed by atoms with Gasteiger partial charge >= 0.3 is 23.5 Å². The van der Waals surface area contributed by atoms with Gasteiger partial charge in [0.05, 0.1) is 19.5 Å². The lowest BCUT2D eigenvalue weighted by atomic mass is 9.87. The van der Waals surface area contributed by atoms with Gasteiger partial charge in [0, 0.05) is 65.4 Å². The number of fused-ring (bicyclic) bond motifs is 2. The van der Waals surface area contributed by atoms with Crippen molar-refractivity contribution in [2.45, 2.75) is 89.3 Å². The summed E-state index contributed by atoms with van der Waals surface area (Å²) in [5.41, 5.74) is 6.53. The van der Waals surface area contributed by atoms with Gasteiger partial charge in [0.25, 0.3) is 0 Å². The molecule has 11 N–H and O–H groups in total. The van der Waals surface area contributed by atoms with Crippen molar-refractivity contribution in [1.82, 2.24) is 35.1 Å². The van der Waals surface area contributed by atoms with Crippen molar-refractivity contribution in [3.63, 3.8) is 0 Å². The fourth-order valence-electron chi connectivity index (χ4n) is 6.80. The summed E-state index contributed by atoms with van der Waals surface area (Å²) in [6.07, 6.45) is -2.91. The van der Waals surface area contributed by atoms with Gasteiger partial charge in [-0.05, 0) is 24.5 Å². The molecule has 5 rings (SSSR count). The highest BCUT2D eigenvalue weighted by Crippen LogP contribution is 2.61. The van der Waals surface area contributed by atoms with Crippen molar-refractivity contribution < 1.29 is 80.5 Å². The SMILES string of the molecule is CC(SCCNC(=O)CCNC(=O)C(O)C(C)(C)COP(=O)(O)OP(=O)(O)OC[C@H]1O[C@@H](n2cnc3c(N)ncnc32)[C@H](O)[C@@H]1OP(=O)(O)O)C(C)C(=O)CCCc1c[nH]c2ccccc12. The van der Waals surface area contributed by atoms with E-state index in [1.165, 1.54) is 19.4 Å². The Balaban J connectivity index is 0.991. The molecule has 9 atom stereocenters. The molecule has 1 fully saturated rings. The molecular weight excluding hydrogens is 953 g/mol. The zero-order valence-corrected chi connectivity index (χ0v) is 39.7. The van der Waals surface area contributed by atoms with E-state index in [4.69, 9.17) is 19.5 Å². The maximum atomic E-state index is 12.9. The van der Waals surface area contributed by atoms with Crippen LogP contribution in [-0.4, -0.2) is 134 Å². The third-order valence-electron chi connectivity index (χ3n) is 10.6. The number of phosphoric acid groups is 3. The van der Waals surface area contributed by atoms with Crippen molar-refractivity contribution >= 4 is 80.7 Å². The van der Waals surface area contributed by atoms with E-state index >= 15 is 0 Å². The smallest absolute Gasteiger partial charge is 0.386 e. The minimum Gasteiger partial charge on any atom is -0.386 e. The second kappa shape index (κ2) is 22.6. The van der Waals surface area contributed by atoms with Crippen molar-refractivity contribution in [1.29, 1.82) is 0 Å². The average Bonchev–Trinajstić information content (AvgIpc) is 3.95. The maximum absolute atomic E-state index is 12.9. The quantitative estimate of drug-likeness (QED) is 0.0318. The number of aromatic nitrogens is 5. The number of aromatic amines is 1. The number of nitrogen functional groups attached to an aromatic ring is 1. The zero-order chi connectivity index (χ0) is 48.6. The highest BCUT2D eigenvalue weighted by atomic mass is 32.2. The number of amides is 2. The highest BCUT2D eigenvalue weighted by Gasteiger charge is 2.50. The Kier molecular flexibility index (Phi) is 18.3. The van der Waals surface area contributed by atoms with Crippen LogP contribution in [0.15, 0.2) is 43.1 Å². The first-order chi connectivity index (χ1) is 30.9. The third-order valence-corrected chi connectivity index (χ3v) is 15.1. The molecule has 4 heterocycles. The van der Waals surface area contributed by atoms with Crippen LogP contribution in [0.2, 0.25) is 0 Å². The molecule has 0 saturated carbocycles. The minimum atomic E-state index is -5.58. The van der Waals surface area contributed by atoms with E-state index in [1.807, 2.05) is 38.2 Å². The van der Waals surface area contributed by atoms with Gasteiger partial charge in [0.2, 0.25) is 11.8 Å². The number of anilines is 1. The first-order valence-corrected chi connectivity index (χ1v) is 26.0. The van der Waals surface area contributed by atoms with Crippen LogP contribution in [0, 0.1) is 11.3 Å². The number of ether oxygens (including phenoxy) is 1. The van der Waals surface area contributed by atoms with E-state index in [-0.39, 0.29) is 52.8 Å². The molecule has 1 aliphatic rings. The summed E-state index contributed by atoms with van der Waals surface area (Å²) >= 11 is 1.55. The molecule has 25 nitrogen and oxygen atoms in total. The fraction of sp³-hybridized carbons (Fsp3) is 0.568. The largest absolute Gasteiger partial charge is 0.481 e. The molecule has 0 radical (unpaired) electrons. The van der Waals surface area contributed by atoms with Crippen molar-refractivity contribution in [3.8, 4) is 0 Å². The molecule has 3 aromatic heterocycles. The van der Waals surface area contributed by atoms with E-state index < -0.39 is 78.6 Å². The molecule has 0 aliphatic carbocycles. The van der Waals surface area contributed by atoms with Gasteiger partial charge in [-0.25, -0.2) is 28.6 Å². The number of aliphatic hydroxyl groups excluding tert-OH is 2. The van der Waals surface area contributed by atoms with Crippen LogP contribution in [-0.2, 0) is 57.1 Å². The summed E-state index contributed by atoms with van der Waals surface area (Å²) < 4.78 is 62.5. The molecule has 1 aliphatic heterocycles. The summed E-state index contributed by atoms with van der Waals surface area (Å²) in [6, 6.07) is 8.03. The first-order valence-electron chi connectivity index (χ1n) is 20.5. The van der Waals surface area contributed by atoms with Crippen LogP contribution in [0.3, 0.4) is 0 Å². The van der Waals surface area contributed by atoms with Gasteiger partial charge in [-0.3, -0.25) is 32.5 Å². The number of H-pyrrole nitrogens is 1. The number of para-hydroxylation sites is 1. The molecule has 4 aromatic rings. The fourth-order valence-corrected chi connectivity index (χ4v) is 10.7. The monoisotopic (exact) mass is 1010 g/mol. The molecule has 366 valence electrons. The summed E-state index contributed by atoms with van der Waals surface area (Å²) in [5.74, 6) is -0.846. The molecule has 1 saturated heterocycles. The summed E-state index contributed by atoms with van der Waals surface area (Å²) in [6.45, 7) is 4.52. The summed E-state index contributed by atoms with van der Waals surface area (Å²) in [5, 5.41) is 27.9. The van der Waals surface area contributed by atoms with Crippen molar-refractivity contribution in [2.24, 2.45) is 11.3 Å². The number of aliphatic hydroxyl groups is 2. The second-order valence-corrected chi connectivity index (χ2v) is 21.8. The number of hydrogen-bond acceptors (Lipinski definition) is 18. The van der Waals surface area contributed by atoms with Crippen LogP contribution in [0.5, 0.6) is 0 Å². The van der Waals surface area contributed by atoms with Crippen LogP contribution < -0.4 is 16.4 Å². The highest BCUT2D eigenvalue weighted by molar-refractivity contribution is 7.99. The molecule has 66 heavy (non-hydrogen) atoms. The molecule has 5 unspecified atom stereocenters. The van der Waals surface area contributed by atoms with Gasteiger partial charge in [0.15, 0.2) is 17.7 Å². The number of carbonyl (C=O) groups is 3. The van der Waals surface area contributed by atoms with E-state index in [0.29, 0.717) is 18.7 Å². The summed E-state index contributed by atoms with van der Waals surface area (Å²) in [7, 11) is -16.4. The number of nitrogens with one attached hydrogen (secondary N) is 3. The van der Waals surface area contributed by atoms with Crippen LogP contribution in [0.4, 0.5) is 5.82 Å². The van der Waals surface area contributed by atoms with Gasteiger partial charge in [-0.1, -0.05) is 45.9 Å². The summed E-state index contributed by atoms with van der Waals surface area (Å²) in [4.78, 5) is 92.5. The van der Waals surface area contributed by atoms with Crippen molar-refractivity contribution in [3.05, 3.63) is 48.7 Å².